The van der Waals surface area contributed by atoms with Crippen LogP contribution in [0.4, 0.5) is 4.39 Å². The van der Waals surface area contributed by atoms with E-state index in [-0.39, 0.29) is 22.5 Å². The summed E-state index contributed by atoms with van der Waals surface area (Å²) in [5.74, 6) is -2.87. The number of carboxylic acid groups (broad SMARTS) is 2. The van der Waals surface area contributed by atoms with Crippen LogP contribution in [0.3, 0.4) is 0 Å². The summed E-state index contributed by atoms with van der Waals surface area (Å²) in [7, 11) is 0. The SMILES string of the molecule is O=C(O)c1ccc(-n2cc(C(=O)O)cc(-c3ccc(F)cc3)c2=O)nc1. The third kappa shape index (κ3) is 3.20. The number of rotatable bonds is 4. The Hall–Kier alpha value is -3.81. The molecular weight excluding hydrogens is 343 g/mol. The van der Waals surface area contributed by atoms with E-state index < -0.39 is 23.3 Å². The molecule has 0 amide bonds. The van der Waals surface area contributed by atoms with E-state index >= 15 is 0 Å². The molecule has 0 bridgehead atoms. The number of pyridine rings is 2. The molecule has 0 fully saturated rings. The van der Waals surface area contributed by atoms with Crippen LogP contribution in [-0.4, -0.2) is 31.7 Å². The average Bonchev–Trinajstić information content (AvgIpc) is 2.62. The Balaban J connectivity index is 2.21. The van der Waals surface area contributed by atoms with Crippen molar-refractivity contribution >= 4 is 11.9 Å². The Bertz CT molecular complexity index is 1060. The first kappa shape index (κ1) is 17.0. The van der Waals surface area contributed by atoms with Gasteiger partial charge in [0.15, 0.2) is 0 Å². The summed E-state index contributed by atoms with van der Waals surface area (Å²) >= 11 is 0. The Kier molecular flexibility index (Phi) is 4.32. The fourth-order valence-corrected chi connectivity index (χ4v) is 2.36. The monoisotopic (exact) mass is 354 g/mol. The van der Waals surface area contributed by atoms with Gasteiger partial charge < -0.3 is 10.2 Å². The zero-order valence-corrected chi connectivity index (χ0v) is 13.1. The number of hydrogen-bond donors (Lipinski definition) is 2. The molecule has 0 unspecified atom stereocenters. The molecule has 1 aromatic carbocycles. The maximum absolute atomic E-state index is 13.1. The van der Waals surface area contributed by atoms with Gasteiger partial charge in [-0.05, 0) is 35.9 Å². The van der Waals surface area contributed by atoms with E-state index in [1.807, 2.05) is 0 Å². The fourth-order valence-electron chi connectivity index (χ4n) is 2.36. The van der Waals surface area contributed by atoms with Crippen LogP contribution in [0.1, 0.15) is 20.7 Å². The van der Waals surface area contributed by atoms with Gasteiger partial charge in [-0.25, -0.2) is 19.0 Å². The van der Waals surface area contributed by atoms with E-state index in [4.69, 9.17) is 5.11 Å². The zero-order valence-electron chi connectivity index (χ0n) is 13.1. The third-order valence-electron chi connectivity index (χ3n) is 3.66. The highest BCUT2D eigenvalue weighted by Gasteiger charge is 2.15. The quantitative estimate of drug-likeness (QED) is 0.745. The predicted molar refractivity (Wildman–Crippen MR) is 89.1 cm³/mol. The van der Waals surface area contributed by atoms with Crippen LogP contribution in [0.2, 0.25) is 0 Å². The molecule has 2 heterocycles. The molecule has 0 radical (unpaired) electrons. The molecule has 8 heteroatoms. The maximum Gasteiger partial charge on any atom is 0.337 e. The molecule has 0 atom stereocenters. The van der Waals surface area contributed by atoms with Crippen molar-refractivity contribution in [3.63, 3.8) is 0 Å². The zero-order chi connectivity index (χ0) is 18.8. The first-order valence-corrected chi connectivity index (χ1v) is 7.32. The van der Waals surface area contributed by atoms with Gasteiger partial charge in [-0.2, -0.15) is 0 Å². The van der Waals surface area contributed by atoms with E-state index in [1.54, 1.807) is 0 Å². The minimum Gasteiger partial charge on any atom is -0.478 e. The number of aromatic nitrogens is 2. The van der Waals surface area contributed by atoms with Crippen molar-refractivity contribution < 1.29 is 24.2 Å². The van der Waals surface area contributed by atoms with Crippen LogP contribution in [0, 0.1) is 5.82 Å². The number of nitrogens with zero attached hydrogens (tertiary/aromatic N) is 2. The van der Waals surface area contributed by atoms with Crippen molar-refractivity contribution in [2.45, 2.75) is 0 Å². The highest BCUT2D eigenvalue weighted by molar-refractivity contribution is 5.89. The van der Waals surface area contributed by atoms with Crippen molar-refractivity contribution in [2.24, 2.45) is 0 Å². The van der Waals surface area contributed by atoms with E-state index in [0.717, 1.165) is 29.1 Å². The first-order chi connectivity index (χ1) is 12.4. The van der Waals surface area contributed by atoms with Gasteiger partial charge in [0.05, 0.1) is 11.1 Å². The largest absolute Gasteiger partial charge is 0.478 e. The van der Waals surface area contributed by atoms with E-state index in [0.29, 0.717) is 5.56 Å². The Labute approximate surface area is 145 Å². The van der Waals surface area contributed by atoms with Crippen LogP contribution in [0.25, 0.3) is 16.9 Å². The van der Waals surface area contributed by atoms with Crippen LogP contribution in [0.15, 0.2) is 59.7 Å². The molecule has 130 valence electrons. The van der Waals surface area contributed by atoms with Gasteiger partial charge in [0.25, 0.3) is 5.56 Å². The lowest BCUT2D eigenvalue weighted by Gasteiger charge is -2.10. The summed E-state index contributed by atoms with van der Waals surface area (Å²) in [6.45, 7) is 0. The number of carbonyl (C=O) groups is 2. The molecule has 0 aliphatic rings. The first-order valence-electron chi connectivity index (χ1n) is 7.32. The second-order valence-electron chi connectivity index (χ2n) is 5.34. The average molecular weight is 354 g/mol. The summed E-state index contributed by atoms with van der Waals surface area (Å²) in [6.07, 6.45) is 2.16. The second kappa shape index (κ2) is 6.60. The molecule has 0 spiro atoms. The van der Waals surface area contributed by atoms with Crippen molar-refractivity contribution in [2.75, 3.05) is 0 Å². The molecule has 3 aromatic rings. The molecular formula is C18H11FN2O5. The lowest BCUT2D eigenvalue weighted by atomic mass is 10.1. The standard InChI is InChI=1S/C18H11FN2O5/c19-13-4-1-10(2-5-13)14-7-12(18(25)26)9-21(16(14)22)15-6-3-11(8-20-15)17(23)24/h1-9H,(H,23,24)(H,25,26). The Morgan fingerprint density at radius 1 is 0.962 bits per heavy atom. The lowest BCUT2D eigenvalue weighted by Crippen LogP contribution is -2.22. The van der Waals surface area contributed by atoms with Crippen molar-refractivity contribution in [3.05, 3.63) is 82.2 Å². The van der Waals surface area contributed by atoms with Crippen LogP contribution >= 0.6 is 0 Å². The number of carboxylic acids is 2. The van der Waals surface area contributed by atoms with Gasteiger partial charge in [-0.1, -0.05) is 12.1 Å². The normalized spacial score (nSPS) is 10.5. The van der Waals surface area contributed by atoms with Gasteiger partial charge in [0.2, 0.25) is 0 Å². The number of aromatic carboxylic acids is 2. The molecule has 3 rings (SSSR count). The van der Waals surface area contributed by atoms with E-state index in [9.17, 15) is 23.9 Å². The van der Waals surface area contributed by atoms with Crippen molar-refractivity contribution in [1.82, 2.24) is 9.55 Å². The molecule has 0 aliphatic heterocycles. The van der Waals surface area contributed by atoms with Gasteiger partial charge in [0, 0.05) is 18.0 Å². The number of halogens is 1. The summed E-state index contributed by atoms with van der Waals surface area (Å²) in [5.41, 5.74) is -0.426. The van der Waals surface area contributed by atoms with Gasteiger partial charge >= 0.3 is 11.9 Å². The summed E-state index contributed by atoms with van der Waals surface area (Å²) in [4.78, 5) is 39.0. The molecule has 2 N–H and O–H groups in total. The van der Waals surface area contributed by atoms with Gasteiger partial charge in [0.1, 0.15) is 11.6 Å². The lowest BCUT2D eigenvalue weighted by molar-refractivity contribution is 0.0685. The van der Waals surface area contributed by atoms with Crippen LogP contribution in [-0.2, 0) is 0 Å². The third-order valence-corrected chi connectivity index (χ3v) is 3.66. The second-order valence-corrected chi connectivity index (χ2v) is 5.34. The van der Waals surface area contributed by atoms with Crippen molar-refractivity contribution in [1.29, 1.82) is 0 Å². The molecule has 0 aliphatic carbocycles. The molecule has 26 heavy (non-hydrogen) atoms. The van der Waals surface area contributed by atoms with Crippen LogP contribution in [0.5, 0.6) is 0 Å². The highest BCUT2D eigenvalue weighted by atomic mass is 19.1. The molecule has 0 saturated heterocycles. The topological polar surface area (TPSA) is 109 Å². The molecule has 2 aromatic heterocycles. The van der Waals surface area contributed by atoms with Gasteiger partial charge in [-0.3, -0.25) is 9.36 Å². The number of benzene rings is 1. The Morgan fingerprint density at radius 3 is 2.15 bits per heavy atom. The van der Waals surface area contributed by atoms with Crippen LogP contribution < -0.4 is 5.56 Å². The van der Waals surface area contributed by atoms with E-state index in [2.05, 4.69) is 4.98 Å². The van der Waals surface area contributed by atoms with E-state index in [1.165, 1.54) is 30.3 Å². The van der Waals surface area contributed by atoms with Crippen molar-refractivity contribution in [3.8, 4) is 16.9 Å². The minimum absolute atomic E-state index is 0.0500. The fraction of sp³-hybridized carbons (Fsp3) is 0. The minimum atomic E-state index is -1.26. The number of hydrogen-bond acceptors (Lipinski definition) is 4. The van der Waals surface area contributed by atoms with Gasteiger partial charge in [-0.15, -0.1) is 0 Å². The molecule has 7 nitrogen and oxygen atoms in total. The summed E-state index contributed by atoms with van der Waals surface area (Å²) in [6, 6.07) is 8.79. The maximum atomic E-state index is 13.1. The summed E-state index contributed by atoms with van der Waals surface area (Å²) in [5, 5.41) is 18.2. The smallest absolute Gasteiger partial charge is 0.337 e. The summed E-state index contributed by atoms with van der Waals surface area (Å²) < 4.78 is 14.1. The molecule has 0 saturated carbocycles. The Morgan fingerprint density at radius 2 is 1.62 bits per heavy atom. The predicted octanol–water partition coefficient (Wildman–Crippen LogP) is 2.44. The highest BCUT2D eigenvalue weighted by Crippen LogP contribution is 2.18.